The van der Waals surface area contributed by atoms with E-state index in [2.05, 4.69) is 26.9 Å². The maximum Gasteiger partial charge on any atom is 0.337 e. The highest BCUT2D eigenvalue weighted by Crippen LogP contribution is 2.15. The van der Waals surface area contributed by atoms with E-state index < -0.39 is 0 Å². The minimum atomic E-state index is -0.388. The quantitative estimate of drug-likeness (QED) is 0.779. The lowest BCUT2D eigenvalue weighted by Crippen LogP contribution is -2.28. The molecule has 1 heterocycles. The summed E-state index contributed by atoms with van der Waals surface area (Å²) in [6.07, 6.45) is 4.95. The molecule has 1 N–H and O–H groups in total. The van der Waals surface area contributed by atoms with Gasteiger partial charge in [-0.25, -0.2) is 14.8 Å². The highest BCUT2D eigenvalue weighted by molar-refractivity contribution is 5.92. The van der Waals surface area contributed by atoms with Gasteiger partial charge in [-0.2, -0.15) is 0 Å². The van der Waals surface area contributed by atoms with Gasteiger partial charge in [0.2, 0.25) is 0 Å². The third-order valence-corrected chi connectivity index (χ3v) is 3.64. The Labute approximate surface area is 147 Å². The molecule has 132 valence electrons. The van der Waals surface area contributed by atoms with Crippen LogP contribution in [0.3, 0.4) is 0 Å². The zero-order valence-corrected chi connectivity index (χ0v) is 14.7. The molecule has 0 aliphatic carbocycles. The molecule has 0 saturated carbocycles. The van der Waals surface area contributed by atoms with Crippen LogP contribution in [0.2, 0.25) is 0 Å². The molecule has 7 nitrogen and oxygen atoms in total. The van der Waals surface area contributed by atoms with Gasteiger partial charge in [0.25, 0.3) is 5.91 Å². The number of nitrogens with one attached hydrogen (secondary N) is 1. The van der Waals surface area contributed by atoms with Gasteiger partial charge in [0, 0.05) is 19.3 Å². The number of hydrogen-bond donors (Lipinski definition) is 1. The van der Waals surface area contributed by atoms with Crippen molar-refractivity contribution in [2.24, 2.45) is 0 Å². The number of esters is 1. The summed E-state index contributed by atoms with van der Waals surface area (Å²) in [6.45, 7) is 2.78. The Morgan fingerprint density at radius 3 is 2.44 bits per heavy atom. The average molecular weight is 342 g/mol. The van der Waals surface area contributed by atoms with Crippen LogP contribution in [0.5, 0.6) is 0 Å². The first-order valence-corrected chi connectivity index (χ1v) is 8.08. The SMILES string of the molecule is CCCCN(C)C(=O)c1cnc(Nc2ccc(C(=O)OC)cc2)cn1. The molecule has 0 atom stereocenters. The second kappa shape index (κ2) is 8.77. The van der Waals surface area contributed by atoms with Crippen LogP contribution in [0.15, 0.2) is 36.7 Å². The molecule has 0 bridgehead atoms. The molecule has 1 amide bonds. The molecule has 2 aromatic rings. The van der Waals surface area contributed by atoms with Gasteiger partial charge >= 0.3 is 5.97 Å². The van der Waals surface area contributed by atoms with Gasteiger partial charge in [-0.05, 0) is 30.7 Å². The lowest BCUT2D eigenvalue weighted by molar-refractivity contribution is 0.0600. The summed E-state index contributed by atoms with van der Waals surface area (Å²) in [5.74, 6) is -0.0186. The zero-order valence-electron chi connectivity index (χ0n) is 14.7. The van der Waals surface area contributed by atoms with E-state index >= 15 is 0 Å². The number of amides is 1. The first-order valence-electron chi connectivity index (χ1n) is 8.08. The van der Waals surface area contributed by atoms with Gasteiger partial charge in [-0.1, -0.05) is 13.3 Å². The predicted octanol–water partition coefficient (Wildman–Crippen LogP) is 2.88. The summed E-state index contributed by atoms with van der Waals surface area (Å²) < 4.78 is 4.66. The van der Waals surface area contributed by atoms with Crippen LogP contribution >= 0.6 is 0 Å². The summed E-state index contributed by atoms with van der Waals surface area (Å²) in [5, 5.41) is 3.07. The van der Waals surface area contributed by atoms with E-state index in [0.717, 1.165) is 18.5 Å². The van der Waals surface area contributed by atoms with Crippen molar-refractivity contribution >= 4 is 23.4 Å². The van der Waals surface area contributed by atoms with Crippen LogP contribution in [0.4, 0.5) is 11.5 Å². The van der Waals surface area contributed by atoms with Crippen molar-refractivity contribution in [1.29, 1.82) is 0 Å². The molecule has 7 heteroatoms. The molecule has 25 heavy (non-hydrogen) atoms. The van der Waals surface area contributed by atoms with Crippen LogP contribution in [0, 0.1) is 0 Å². The first-order chi connectivity index (χ1) is 12.0. The van der Waals surface area contributed by atoms with Gasteiger partial charge in [0.05, 0.1) is 25.1 Å². The van der Waals surface area contributed by atoms with Crippen molar-refractivity contribution in [1.82, 2.24) is 14.9 Å². The van der Waals surface area contributed by atoms with Crippen LogP contribution in [0.25, 0.3) is 0 Å². The number of rotatable bonds is 7. The lowest BCUT2D eigenvalue weighted by Gasteiger charge is -2.16. The largest absolute Gasteiger partial charge is 0.465 e. The number of aromatic nitrogens is 2. The summed E-state index contributed by atoms with van der Waals surface area (Å²) in [6, 6.07) is 6.79. The maximum atomic E-state index is 12.2. The Hall–Kier alpha value is -2.96. The summed E-state index contributed by atoms with van der Waals surface area (Å²) in [5.41, 5.74) is 1.53. The molecule has 0 saturated heterocycles. The molecule has 0 aliphatic rings. The standard InChI is InChI=1S/C18H22N4O3/c1-4-5-10-22(2)17(23)15-11-20-16(12-19-15)21-14-8-6-13(7-9-14)18(24)25-3/h6-9,11-12H,4-5,10H2,1-3H3,(H,20,21). The fraction of sp³-hybridized carbons (Fsp3) is 0.333. The van der Waals surface area contributed by atoms with E-state index in [1.54, 1.807) is 36.2 Å². The summed E-state index contributed by atoms with van der Waals surface area (Å²) in [7, 11) is 3.10. The Morgan fingerprint density at radius 2 is 1.88 bits per heavy atom. The number of nitrogens with zero attached hydrogens (tertiary/aromatic N) is 3. The molecular formula is C18H22N4O3. The van der Waals surface area contributed by atoms with Gasteiger partial charge < -0.3 is 15.0 Å². The molecule has 2 rings (SSSR count). The van der Waals surface area contributed by atoms with E-state index in [1.165, 1.54) is 19.5 Å². The molecule has 1 aromatic heterocycles. The normalized spacial score (nSPS) is 10.2. The van der Waals surface area contributed by atoms with Crippen molar-refractivity contribution in [3.05, 3.63) is 47.9 Å². The molecule has 0 fully saturated rings. The molecular weight excluding hydrogens is 320 g/mol. The van der Waals surface area contributed by atoms with Crippen LogP contribution in [-0.2, 0) is 4.74 Å². The van der Waals surface area contributed by atoms with Crippen LogP contribution in [-0.4, -0.2) is 47.4 Å². The fourth-order valence-corrected chi connectivity index (χ4v) is 2.15. The van der Waals surface area contributed by atoms with Crippen molar-refractivity contribution in [2.45, 2.75) is 19.8 Å². The predicted molar refractivity (Wildman–Crippen MR) is 95.0 cm³/mol. The number of methoxy groups -OCH3 is 1. The minimum absolute atomic E-state index is 0.144. The number of unbranched alkanes of at least 4 members (excludes halogenated alkanes) is 1. The Balaban J connectivity index is 2.00. The van der Waals surface area contributed by atoms with E-state index in [0.29, 0.717) is 23.6 Å². The van der Waals surface area contributed by atoms with Crippen LogP contribution in [0.1, 0.15) is 40.6 Å². The first kappa shape index (κ1) is 18.4. The third kappa shape index (κ3) is 5.00. The number of carbonyl (C=O) groups excluding carboxylic acids is 2. The minimum Gasteiger partial charge on any atom is -0.465 e. The van der Waals surface area contributed by atoms with E-state index in [-0.39, 0.29) is 11.9 Å². The van der Waals surface area contributed by atoms with Gasteiger partial charge in [-0.15, -0.1) is 0 Å². The average Bonchev–Trinajstić information content (AvgIpc) is 2.66. The van der Waals surface area contributed by atoms with Gasteiger partial charge in [0.1, 0.15) is 11.5 Å². The maximum absolute atomic E-state index is 12.2. The number of ether oxygens (including phenoxy) is 1. The topological polar surface area (TPSA) is 84.4 Å². The summed E-state index contributed by atoms with van der Waals surface area (Å²) in [4.78, 5) is 33.6. The smallest absolute Gasteiger partial charge is 0.337 e. The Morgan fingerprint density at radius 1 is 1.16 bits per heavy atom. The van der Waals surface area contributed by atoms with E-state index in [1.807, 2.05) is 0 Å². The summed E-state index contributed by atoms with van der Waals surface area (Å²) >= 11 is 0. The van der Waals surface area contributed by atoms with E-state index in [9.17, 15) is 9.59 Å². The number of anilines is 2. The molecule has 0 spiro atoms. The highest BCUT2D eigenvalue weighted by atomic mass is 16.5. The number of carbonyl (C=O) groups is 2. The van der Waals surface area contributed by atoms with Crippen LogP contribution < -0.4 is 5.32 Å². The van der Waals surface area contributed by atoms with Gasteiger partial charge in [0.15, 0.2) is 0 Å². The monoisotopic (exact) mass is 342 g/mol. The van der Waals surface area contributed by atoms with Crippen molar-refractivity contribution in [2.75, 3.05) is 26.0 Å². The molecule has 0 radical (unpaired) electrons. The van der Waals surface area contributed by atoms with Gasteiger partial charge in [-0.3, -0.25) is 4.79 Å². The zero-order chi connectivity index (χ0) is 18.2. The second-order valence-corrected chi connectivity index (χ2v) is 5.56. The van der Waals surface area contributed by atoms with E-state index in [4.69, 9.17) is 0 Å². The second-order valence-electron chi connectivity index (χ2n) is 5.56. The highest BCUT2D eigenvalue weighted by Gasteiger charge is 2.13. The van der Waals surface area contributed by atoms with Crippen molar-refractivity contribution in [3.63, 3.8) is 0 Å². The fourth-order valence-electron chi connectivity index (χ4n) is 2.15. The molecule has 1 aromatic carbocycles. The van der Waals surface area contributed by atoms with Crippen molar-refractivity contribution < 1.29 is 14.3 Å². The molecule has 0 aliphatic heterocycles. The Bertz CT molecular complexity index is 714. The third-order valence-electron chi connectivity index (χ3n) is 3.64. The number of hydrogen-bond acceptors (Lipinski definition) is 6. The number of benzene rings is 1. The lowest BCUT2D eigenvalue weighted by atomic mass is 10.2. The Kier molecular flexibility index (Phi) is 6.45. The van der Waals surface area contributed by atoms with Crippen molar-refractivity contribution in [3.8, 4) is 0 Å². The molecule has 0 unspecified atom stereocenters.